The second kappa shape index (κ2) is 7.89. The van der Waals surface area contributed by atoms with Gasteiger partial charge in [-0.25, -0.2) is 4.79 Å². The topological polar surface area (TPSA) is 63.7 Å². The van der Waals surface area contributed by atoms with Gasteiger partial charge in [-0.2, -0.15) is 0 Å². The second-order valence-corrected chi connectivity index (χ2v) is 6.61. The van der Waals surface area contributed by atoms with E-state index < -0.39 is 12.6 Å². The first-order chi connectivity index (χ1) is 12.5. The predicted molar refractivity (Wildman–Crippen MR) is 99.1 cm³/mol. The van der Waals surface area contributed by atoms with Gasteiger partial charge in [0.25, 0.3) is 0 Å². The Morgan fingerprint density at radius 2 is 1.69 bits per heavy atom. The Hall–Kier alpha value is -2.37. The van der Waals surface area contributed by atoms with Crippen LogP contribution in [0, 0.1) is 0 Å². The molecule has 0 unspecified atom stereocenters. The van der Waals surface area contributed by atoms with Crippen LogP contribution in [0.1, 0.15) is 33.6 Å². The molecule has 1 saturated heterocycles. The van der Waals surface area contributed by atoms with Gasteiger partial charge in [-0.05, 0) is 42.8 Å². The summed E-state index contributed by atoms with van der Waals surface area (Å²) in [5.41, 5.74) is 1.17. The van der Waals surface area contributed by atoms with Crippen LogP contribution in [0.3, 0.4) is 0 Å². The predicted octanol–water partition coefficient (Wildman–Crippen LogP) is 4.16. The van der Waals surface area contributed by atoms with Crippen LogP contribution in [0.4, 0.5) is 5.69 Å². The summed E-state index contributed by atoms with van der Waals surface area (Å²) in [5.74, 6) is -1.04. The molecule has 2 aromatic carbocycles. The summed E-state index contributed by atoms with van der Waals surface area (Å²) < 4.78 is 5.03. The molecule has 1 fully saturated rings. The van der Waals surface area contributed by atoms with Gasteiger partial charge in [0.2, 0.25) is 5.91 Å². The van der Waals surface area contributed by atoms with Crippen molar-refractivity contribution in [2.75, 3.05) is 18.1 Å². The summed E-state index contributed by atoms with van der Waals surface area (Å²) in [6, 6.07) is 11.3. The van der Waals surface area contributed by atoms with E-state index in [9.17, 15) is 14.4 Å². The lowest BCUT2D eigenvalue weighted by Crippen LogP contribution is -2.23. The number of ketones is 1. The van der Waals surface area contributed by atoms with Crippen LogP contribution in [-0.2, 0) is 9.53 Å². The van der Waals surface area contributed by atoms with Crippen LogP contribution in [-0.4, -0.2) is 30.8 Å². The van der Waals surface area contributed by atoms with Crippen molar-refractivity contribution < 1.29 is 19.1 Å². The van der Waals surface area contributed by atoms with E-state index in [-0.39, 0.29) is 27.3 Å². The SMILES string of the molecule is O=C(COC(=O)c1c(Cl)cccc1Cl)c1ccc(N2CCCC2=O)cc1. The summed E-state index contributed by atoms with van der Waals surface area (Å²) in [7, 11) is 0. The Morgan fingerprint density at radius 1 is 1.04 bits per heavy atom. The molecule has 1 aliphatic heterocycles. The van der Waals surface area contributed by atoms with E-state index in [0.717, 1.165) is 12.1 Å². The van der Waals surface area contributed by atoms with Crippen LogP contribution < -0.4 is 4.90 Å². The molecule has 26 heavy (non-hydrogen) atoms. The van der Waals surface area contributed by atoms with Crippen molar-refractivity contribution in [2.45, 2.75) is 12.8 Å². The van der Waals surface area contributed by atoms with E-state index in [0.29, 0.717) is 18.5 Å². The maximum Gasteiger partial charge on any atom is 0.341 e. The molecule has 5 nitrogen and oxygen atoms in total. The number of rotatable bonds is 5. The number of halogens is 2. The van der Waals surface area contributed by atoms with Crippen molar-refractivity contribution in [3.05, 3.63) is 63.6 Å². The van der Waals surface area contributed by atoms with E-state index in [4.69, 9.17) is 27.9 Å². The molecule has 0 radical (unpaired) electrons. The molecular weight excluding hydrogens is 377 g/mol. The largest absolute Gasteiger partial charge is 0.454 e. The zero-order chi connectivity index (χ0) is 18.7. The molecule has 7 heteroatoms. The molecule has 0 N–H and O–H groups in total. The van der Waals surface area contributed by atoms with Gasteiger partial charge >= 0.3 is 5.97 Å². The summed E-state index contributed by atoms with van der Waals surface area (Å²) in [6.07, 6.45) is 1.38. The summed E-state index contributed by atoms with van der Waals surface area (Å²) >= 11 is 11.9. The Morgan fingerprint density at radius 3 is 2.27 bits per heavy atom. The van der Waals surface area contributed by atoms with Gasteiger partial charge in [0.15, 0.2) is 12.4 Å². The number of Topliss-reactive ketones (excluding diaryl/α,β-unsaturated/α-hetero) is 1. The molecule has 1 amide bonds. The fourth-order valence-corrected chi connectivity index (χ4v) is 3.28. The highest BCUT2D eigenvalue weighted by Gasteiger charge is 2.22. The zero-order valence-electron chi connectivity index (χ0n) is 13.7. The van der Waals surface area contributed by atoms with Crippen molar-refractivity contribution in [1.82, 2.24) is 0 Å². The Balaban J connectivity index is 1.63. The molecule has 0 spiro atoms. The molecular formula is C19H15Cl2NO4. The number of esters is 1. The first kappa shape index (κ1) is 18.4. The highest BCUT2D eigenvalue weighted by atomic mass is 35.5. The van der Waals surface area contributed by atoms with Gasteiger partial charge in [0, 0.05) is 24.2 Å². The first-order valence-electron chi connectivity index (χ1n) is 8.02. The number of anilines is 1. The highest BCUT2D eigenvalue weighted by Crippen LogP contribution is 2.25. The van der Waals surface area contributed by atoms with Gasteiger partial charge in [0.1, 0.15) is 0 Å². The first-order valence-corrected chi connectivity index (χ1v) is 8.77. The van der Waals surface area contributed by atoms with Gasteiger partial charge < -0.3 is 9.64 Å². The van der Waals surface area contributed by atoms with Crippen molar-refractivity contribution in [1.29, 1.82) is 0 Å². The summed E-state index contributed by atoms with van der Waals surface area (Å²) in [4.78, 5) is 37.8. The van der Waals surface area contributed by atoms with Crippen molar-refractivity contribution in [3.8, 4) is 0 Å². The number of nitrogens with zero attached hydrogens (tertiary/aromatic N) is 1. The second-order valence-electron chi connectivity index (χ2n) is 5.79. The Kier molecular flexibility index (Phi) is 5.59. The maximum atomic E-state index is 12.2. The molecule has 0 atom stereocenters. The molecule has 134 valence electrons. The van der Waals surface area contributed by atoms with Gasteiger partial charge in [-0.15, -0.1) is 0 Å². The minimum atomic E-state index is -0.756. The van der Waals surface area contributed by atoms with Crippen LogP contribution in [0.5, 0.6) is 0 Å². The highest BCUT2D eigenvalue weighted by molar-refractivity contribution is 6.39. The fourth-order valence-electron chi connectivity index (χ4n) is 2.73. The molecule has 3 rings (SSSR count). The van der Waals surface area contributed by atoms with E-state index in [1.165, 1.54) is 12.1 Å². The van der Waals surface area contributed by atoms with Crippen molar-refractivity contribution in [3.63, 3.8) is 0 Å². The average molecular weight is 392 g/mol. The number of carbonyl (C=O) groups excluding carboxylic acids is 3. The van der Waals surface area contributed by atoms with Crippen LogP contribution in [0.2, 0.25) is 10.0 Å². The number of amides is 1. The molecule has 0 saturated carbocycles. The number of benzene rings is 2. The van der Waals surface area contributed by atoms with Gasteiger partial charge in [-0.3, -0.25) is 9.59 Å². The van der Waals surface area contributed by atoms with E-state index in [2.05, 4.69) is 0 Å². The number of ether oxygens (including phenoxy) is 1. The minimum Gasteiger partial charge on any atom is -0.454 e. The van der Waals surface area contributed by atoms with E-state index >= 15 is 0 Å². The third kappa shape index (κ3) is 3.89. The van der Waals surface area contributed by atoms with E-state index in [1.54, 1.807) is 35.2 Å². The minimum absolute atomic E-state index is 0.0338. The Labute approximate surface area is 160 Å². The average Bonchev–Trinajstić information content (AvgIpc) is 3.05. The molecule has 0 aliphatic carbocycles. The van der Waals surface area contributed by atoms with Crippen LogP contribution >= 0.6 is 23.2 Å². The lowest BCUT2D eigenvalue weighted by molar-refractivity contribution is -0.117. The van der Waals surface area contributed by atoms with Crippen molar-refractivity contribution in [2.24, 2.45) is 0 Å². The number of carbonyl (C=O) groups is 3. The third-order valence-electron chi connectivity index (χ3n) is 4.08. The zero-order valence-corrected chi connectivity index (χ0v) is 15.2. The number of hydrogen-bond acceptors (Lipinski definition) is 4. The quantitative estimate of drug-likeness (QED) is 0.566. The van der Waals surface area contributed by atoms with E-state index in [1.807, 2.05) is 0 Å². The fraction of sp³-hybridized carbons (Fsp3) is 0.211. The summed E-state index contributed by atoms with van der Waals surface area (Å²) in [5, 5.41) is 0.323. The molecule has 2 aromatic rings. The molecule has 0 bridgehead atoms. The van der Waals surface area contributed by atoms with Gasteiger partial charge in [-0.1, -0.05) is 29.3 Å². The monoisotopic (exact) mass is 391 g/mol. The maximum absolute atomic E-state index is 12.2. The smallest absolute Gasteiger partial charge is 0.341 e. The molecule has 0 aromatic heterocycles. The normalized spacial score (nSPS) is 13.8. The molecule has 1 heterocycles. The summed E-state index contributed by atoms with van der Waals surface area (Å²) in [6.45, 7) is 0.255. The van der Waals surface area contributed by atoms with Crippen LogP contribution in [0.15, 0.2) is 42.5 Å². The lowest BCUT2D eigenvalue weighted by atomic mass is 10.1. The lowest BCUT2D eigenvalue weighted by Gasteiger charge is -2.15. The molecule has 1 aliphatic rings. The number of hydrogen-bond donors (Lipinski definition) is 0. The van der Waals surface area contributed by atoms with Gasteiger partial charge in [0.05, 0.1) is 15.6 Å². The van der Waals surface area contributed by atoms with Crippen LogP contribution in [0.25, 0.3) is 0 Å². The standard InChI is InChI=1S/C19H15Cl2NO4/c20-14-3-1-4-15(21)18(14)19(25)26-11-16(23)12-6-8-13(9-7-12)22-10-2-5-17(22)24/h1,3-4,6-9H,2,5,10-11H2. The van der Waals surface area contributed by atoms with Crippen molar-refractivity contribution >= 4 is 46.5 Å². The Bertz CT molecular complexity index is 844. The third-order valence-corrected chi connectivity index (χ3v) is 4.71.